The molecule has 3 aromatic carbocycles. The Morgan fingerprint density at radius 2 is 1.53 bits per heavy atom. The van der Waals surface area contributed by atoms with E-state index < -0.39 is 0 Å². The number of nitrogens with zero attached hydrogens (tertiary/aromatic N) is 2. The first kappa shape index (κ1) is 19.6. The molecule has 1 heterocycles. The Labute approximate surface area is 176 Å². The van der Waals surface area contributed by atoms with Crippen LogP contribution in [0.2, 0.25) is 0 Å². The van der Waals surface area contributed by atoms with E-state index in [0.29, 0.717) is 19.7 Å². The van der Waals surface area contributed by atoms with Crippen LogP contribution in [0.5, 0.6) is 11.5 Å². The molecule has 1 aliphatic heterocycles. The molecule has 1 saturated heterocycles. The molecule has 30 heavy (non-hydrogen) atoms. The van der Waals surface area contributed by atoms with Crippen molar-refractivity contribution in [3.63, 3.8) is 0 Å². The molecule has 1 aliphatic rings. The Kier molecular flexibility index (Phi) is 6.03. The Bertz CT molecular complexity index is 951. The smallest absolute Gasteiger partial charge is 0.321 e. The molecule has 2 amide bonds. The van der Waals surface area contributed by atoms with Gasteiger partial charge in [-0.25, -0.2) is 4.79 Å². The summed E-state index contributed by atoms with van der Waals surface area (Å²) in [5.41, 5.74) is 2.91. The minimum Gasteiger partial charge on any atom is -0.508 e. The van der Waals surface area contributed by atoms with Crippen molar-refractivity contribution in [3.8, 4) is 11.5 Å². The minimum absolute atomic E-state index is 0.0988. The van der Waals surface area contributed by atoms with Crippen molar-refractivity contribution in [1.29, 1.82) is 0 Å². The van der Waals surface area contributed by atoms with E-state index in [0.717, 1.165) is 35.8 Å². The van der Waals surface area contributed by atoms with Crippen LogP contribution in [0.3, 0.4) is 0 Å². The molecule has 6 heteroatoms. The molecule has 3 aromatic rings. The van der Waals surface area contributed by atoms with Crippen molar-refractivity contribution in [2.24, 2.45) is 0 Å². The van der Waals surface area contributed by atoms with Gasteiger partial charge in [-0.15, -0.1) is 0 Å². The average Bonchev–Trinajstić information content (AvgIpc) is 2.80. The van der Waals surface area contributed by atoms with Gasteiger partial charge in [0.1, 0.15) is 18.1 Å². The van der Waals surface area contributed by atoms with Crippen LogP contribution in [0.1, 0.15) is 5.56 Å². The van der Waals surface area contributed by atoms with E-state index in [2.05, 4.69) is 10.2 Å². The van der Waals surface area contributed by atoms with E-state index in [4.69, 9.17) is 4.74 Å². The quantitative estimate of drug-likeness (QED) is 0.666. The first-order valence-electron chi connectivity index (χ1n) is 10.0. The number of carbonyl (C=O) groups excluding carboxylic acids is 1. The van der Waals surface area contributed by atoms with Crippen LogP contribution in [-0.2, 0) is 6.61 Å². The van der Waals surface area contributed by atoms with Crippen molar-refractivity contribution in [2.75, 3.05) is 36.4 Å². The zero-order chi connectivity index (χ0) is 20.8. The standard InChI is InChI=1S/C24H25N3O3/c28-22-10-8-21(9-11-22)26-14-16-27(17-15-26)24(29)25-20-6-12-23(13-7-20)30-18-19-4-2-1-3-5-19/h1-13,28H,14-18H2,(H,25,29). The fraction of sp³-hybridized carbons (Fsp3) is 0.208. The van der Waals surface area contributed by atoms with Gasteiger partial charge in [0.05, 0.1) is 0 Å². The number of nitrogens with one attached hydrogen (secondary N) is 1. The van der Waals surface area contributed by atoms with Crippen molar-refractivity contribution >= 4 is 17.4 Å². The Morgan fingerprint density at radius 1 is 0.867 bits per heavy atom. The summed E-state index contributed by atoms with van der Waals surface area (Å²) in [7, 11) is 0. The van der Waals surface area contributed by atoms with Gasteiger partial charge in [0.15, 0.2) is 0 Å². The Balaban J connectivity index is 1.25. The van der Waals surface area contributed by atoms with Gasteiger partial charge in [0.2, 0.25) is 0 Å². The zero-order valence-electron chi connectivity index (χ0n) is 16.7. The molecule has 1 fully saturated rings. The summed E-state index contributed by atoms with van der Waals surface area (Å²) in [4.78, 5) is 16.6. The number of amides is 2. The summed E-state index contributed by atoms with van der Waals surface area (Å²) in [6, 6.07) is 24.5. The van der Waals surface area contributed by atoms with Crippen LogP contribution >= 0.6 is 0 Å². The molecular formula is C24H25N3O3. The summed E-state index contributed by atoms with van der Waals surface area (Å²) in [6.07, 6.45) is 0. The zero-order valence-corrected chi connectivity index (χ0v) is 16.7. The molecule has 0 unspecified atom stereocenters. The van der Waals surface area contributed by atoms with Crippen molar-refractivity contribution < 1.29 is 14.6 Å². The second-order valence-electron chi connectivity index (χ2n) is 7.22. The van der Waals surface area contributed by atoms with Crippen LogP contribution in [0.4, 0.5) is 16.2 Å². The largest absolute Gasteiger partial charge is 0.508 e. The molecule has 0 aliphatic carbocycles. The van der Waals surface area contributed by atoms with Gasteiger partial charge in [-0.1, -0.05) is 30.3 Å². The topological polar surface area (TPSA) is 65.0 Å². The lowest BCUT2D eigenvalue weighted by molar-refractivity contribution is 0.208. The molecule has 154 valence electrons. The highest BCUT2D eigenvalue weighted by Crippen LogP contribution is 2.21. The summed E-state index contributed by atoms with van der Waals surface area (Å²) >= 11 is 0. The number of benzene rings is 3. The lowest BCUT2D eigenvalue weighted by atomic mass is 10.2. The fourth-order valence-corrected chi connectivity index (χ4v) is 3.41. The number of aromatic hydroxyl groups is 1. The maximum absolute atomic E-state index is 12.6. The number of rotatable bonds is 5. The van der Waals surface area contributed by atoms with E-state index in [1.54, 1.807) is 12.1 Å². The highest BCUT2D eigenvalue weighted by atomic mass is 16.5. The predicted molar refractivity (Wildman–Crippen MR) is 118 cm³/mol. The molecule has 0 spiro atoms. The van der Waals surface area contributed by atoms with Crippen molar-refractivity contribution in [1.82, 2.24) is 4.90 Å². The molecule has 0 saturated carbocycles. The molecule has 0 aromatic heterocycles. The van der Waals surface area contributed by atoms with Gasteiger partial charge in [-0.2, -0.15) is 0 Å². The molecule has 0 atom stereocenters. The lowest BCUT2D eigenvalue weighted by Crippen LogP contribution is -2.50. The van der Waals surface area contributed by atoms with Gasteiger partial charge in [-0.05, 0) is 54.1 Å². The maximum atomic E-state index is 12.6. The number of carbonyl (C=O) groups is 1. The normalized spacial score (nSPS) is 13.7. The van der Waals surface area contributed by atoms with Crippen LogP contribution < -0.4 is 15.0 Å². The third kappa shape index (κ3) is 5.03. The average molecular weight is 403 g/mol. The van der Waals surface area contributed by atoms with Crippen LogP contribution in [0.15, 0.2) is 78.9 Å². The monoisotopic (exact) mass is 403 g/mol. The molecular weight excluding hydrogens is 378 g/mol. The Hall–Kier alpha value is -3.67. The van der Waals surface area contributed by atoms with Gasteiger partial charge >= 0.3 is 6.03 Å². The highest BCUT2D eigenvalue weighted by Gasteiger charge is 2.21. The maximum Gasteiger partial charge on any atom is 0.321 e. The van der Waals surface area contributed by atoms with E-state index in [1.807, 2.05) is 71.6 Å². The highest BCUT2D eigenvalue weighted by molar-refractivity contribution is 5.89. The first-order chi connectivity index (χ1) is 14.7. The number of ether oxygens (including phenoxy) is 1. The molecule has 4 rings (SSSR count). The summed E-state index contributed by atoms with van der Waals surface area (Å²) in [5.74, 6) is 1.02. The third-order valence-electron chi connectivity index (χ3n) is 5.14. The summed E-state index contributed by atoms with van der Waals surface area (Å²) in [6.45, 7) is 3.31. The van der Waals surface area contributed by atoms with Gasteiger partial charge in [-0.3, -0.25) is 0 Å². The number of phenolic OH excluding ortho intramolecular Hbond substituents is 1. The second-order valence-corrected chi connectivity index (χ2v) is 7.22. The van der Waals surface area contributed by atoms with Crippen LogP contribution in [-0.4, -0.2) is 42.2 Å². The molecule has 2 N–H and O–H groups in total. The minimum atomic E-state index is -0.0988. The summed E-state index contributed by atoms with van der Waals surface area (Å²) in [5, 5.41) is 12.4. The molecule has 0 bridgehead atoms. The van der Waals surface area contributed by atoms with Gasteiger partial charge in [0, 0.05) is 37.6 Å². The van der Waals surface area contributed by atoms with E-state index in [1.165, 1.54) is 0 Å². The molecule has 6 nitrogen and oxygen atoms in total. The third-order valence-corrected chi connectivity index (χ3v) is 5.14. The fourth-order valence-electron chi connectivity index (χ4n) is 3.41. The number of phenols is 1. The van der Waals surface area contributed by atoms with Gasteiger partial charge in [0.25, 0.3) is 0 Å². The number of hydrogen-bond donors (Lipinski definition) is 2. The predicted octanol–water partition coefficient (Wildman–Crippen LogP) is 4.33. The van der Waals surface area contributed by atoms with E-state index in [-0.39, 0.29) is 11.8 Å². The summed E-state index contributed by atoms with van der Waals surface area (Å²) < 4.78 is 5.79. The number of piperazine rings is 1. The number of urea groups is 1. The van der Waals surface area contributed by atoms with Gasteiger partial charge < -0.3 is 25.0 Å². The van der Waals surface area contributed by atoms with Crippen molar-refractivity contribution in [2.45, 2.75) is 6.61 Å². The number of hydrogen-bond acceptors (Lipinski definition) is 4. The van der Waals surface area contributed by atoms with Crippen LogP contribution in [0, 0.1) is 0 Å². The lowest BCUT2D eigenvalue weighted by Gasteiger charge is -2.36. The molecule has 0 radical (unpaired) electrons. The van der Waals surface area contributed by atoms with Crippen molar-refractivity contribution in [3.05, 3.63) is 84.4 Å². The number of anilines is 2. The van der Waals surface area contributed by atoms with Crippen LogP contribution in [0.25, 0.3) is 0 Å². The SMILES string of the molecule is O=C(Nc1ccc(OCc2ccccc2)cc1)N1CCN(c2ccc(O)cc2)CC1. The van der Waals surface area contributed by atoms with E-state index in [9.17, 15) is 9.90 Å². The first-order valence-corrected chi connectivity index (χ1v) is 10.0. The second kappa shape index (κ2) is 9.22. The Morgan fingerprint density at radius 3 is 2.20 bits per heavy atom. The van der Waals surface area contributed by atoms with E-state index >= 15 is 0 Å².